The van der Waals surface area contributed by atoms with Gasteiger partial charge in [0.2, 0.25) is 0 Å². The second kappa shape index (κ2) is 11.9. The number of carbonyl (C=O) groups is 2. The molecule has 0 saturated heterocycles. The van der Waals surface area contributed by atoms with E-state index in [0.29, 0.717) is 30.2 Å². The Morgan fingerprint density at radius 2 is 1.90 bits per heavy atom. The lowest BCUT2D eigenvalue weighted by molar-refractivity contribution is -0.148. The fraction of sp³-hybridized carbons (Fsp3) is 0.261. The van der Waals surface area contributed by atoms with E-state index in [-0.39, 0.29) is 19.1 Å². The second-order valence-electron chi connectivity index (χ2n) is 6.19. The van der Waals surface area contributed by atoms with Gasteiger partial charge in [0.25, 0.3) is 5.91 Å². The van der Waals surface area contributed by atoms with Gasteiger partial charge in [-0.1, -0.05) is 36.4 Å². The lowest BCUT2D eigenvalue weighted by Gasteiger charge is -2.20. The number of likely N-dealkylation sites (N-methyl/N-ethyl adjacent to an activating group) is 1. The number of carbonyl (C=O) groups excluding carboxylic acids is 2. The van der Waals surface area contributed by atoms with Gasteiger partial charge in [-0.15, -0.1) is 0 Å². The van der Waals surface area contributed by atoms with Crippen LogP contribution in [0.1, 0.15) is 18.1 Å². The summed E-state index contributed by atoms with van der Waals surface area (Å²) in [5.41, 5.74) is 1.69. The van der Waals surface area contributed by atoms with Crippen molar-refractivity contribution in [2.24, 2.45) is 0 Å². The van der Waals surface area contributed by atoms with Crippen LogP contribution in [0.4, 0.5) is 0 Å². The first kappa shape index (κ1) is 22.5. The van der Waals surface area contributed by atoms with Gasteiger partial charge in [0, 0.05) is 19.2 Å². The van der Waals surface area contributed by atoms with Gasteiger partial charge in [0.05, 0.1) is 7.11 Å². The molecule has 0 heterocycles. The molecule has 156 valence electrons. The van der Waals surface area contributed by atoms with Crippen molar-refractivity contribution < 1.29 is 23.8 Å². The summed E-state index contributed by atoms with van der Waals surface area (Å²) in [6, 6.07) is 16.5. The number of rotatable bonds is 10. The van der Waals surface area contributed by atoms with Crippen molar-refractivity contribution in [3.63, 3.8) is 0 Å². The van der Waals surface area contributed by atoms with Gasteiger partial charge in [-0.25, -0.2) is 4.79 Å². The first-order valence-corrected chi connectivity index (χ1v) is 9.41. The summed E-state index contributed by atoms with van der Waals surface area (Å²) >= 11 is 0. The Bertz CT molecular complexity index is 919. The van der Waals surface area contributed by atoms with E-state index in [4.69, 9.17) is 19.5 Å². The predicted molar refractivity (Wildman–Crippen MR) is 112 cm³/mol. The zero-order valence-electron chi connectivity index (χ0n) is 17.0. The Morgan fingerprint density at radius 1 is 1.13 bits per heavy atom. The average Bonchev–Trinajstić information content (AvgIpc) is 2.79. The van der Waals surface area contributed by atoms with Crippen molar-refractivity contribution in [2.45, 2.75) is 13.5 Å². The number of nitrogens with zero attached hydrogens (tertiary/aromatic N) is 2. The topological polar surface area (TPSA) is 88.9 Å². The number of hydrogen-bond donors (Lipinski definition) is 0. The van der Waals surface area contributed by atoms with E-state index in [2.05, 4.69) is 0 Å². The maximum atomic E-state index is 12.3. The lowest BCUT2D eigenvalue weighted by atomic mass is 10.2. The second-order valence-corrected chi connectivity index (χ2v) is 6.19. The molecular formula is C23H24N2O5. The highest BCUT2D eigenvalue weighted by molar-refractivity contribution is 5.89. The Kier molecular flexibility index (Phi) is 8.94. The van der Waals surface area contributed by atoms with Crippen LogP contribution in [-0.4, -0.2) is 43.6 Å². The quantitative estimate of drug-likeness (QED) is 0.443. The molecule has 0 spiro atoms. The molecule has 0 aliphatic rings. The van der Waals surface area contributed by atoms with E-state index in [1.54, 1.807) is 29.2 Å². The summed E-state index contributed by atoms with van der Waals surface area (Å²) in [6.07, 6.45) is 2.79. The summed E-state index contributed by atoms with van der Waals surface area (Å²) in [7, 11) is 1.48. The van der Waals surface area contributed by atoms with Crippen LogP contribution >= 0.6 is 0 Å². The van der Waals surface area contributed by atoms with E-state index in [9.17, 15) is 9.59 Å². The van der Waals surface area contributed by atoms with Crippen molar-refractivity contribution in [1.29, 1.82) is 5.26 Å². The maximum absolute atomic E-state index is 12.3. The van der Waals surface area contributed by atoms with Gasteiger partial charge in [-0.2, -0.15) is 5.26 Å². The molecule has 0 N–H and O–H groups in total. The van der Waals surface area contributed by atoms with E-state index < -0.39 is 5.97 Å². The summed E-state index contributed by atoms with van der Waals surface area (Å²) in [5, 5.41) is 8.60. The largest absolute Gasteiger partial charge is 0.493 e. The molecule has 2 aromatic rings. The molecule has 0 aliphatic heterocycles. The van der Waals surface area contributed by atoms with Crippen LogP contribution in [0.5, 0.6) is 11.5 Å². The molecule has 7 heteroatoms. The fourth-order valence-corrected chi connectivity index (χ4v) is 2.63. The Morgan fingerprint density at radius 3 is 2.57 bits per heavy atom. The van der Waals surface area contributed by atoms with E-state index in [1.165, 1.54) is 13.2 Å². The Labute approximate surface area is 176 Å². The summed E-state index contributed by atoms with van der Waals surface area (Å²) in [5.74, 6) is -0.00968. The van der Waals surface area contributed by atoms with Gasteiger partial charge in [0.15, 0.2) is 24.7 Å². The molecule has 0 radical (unpaired) electrons. The van der Waals surface area contributed by atoms with Crippen molar-refractivity contribution >= 4 is 18.0 Å². The van der Waals surface area contributed by atoms with Crippen LogP contribution in [0, 0.1) is 11.3 Å². The summed E-state index contributed by atoms with van der Waals surface area (Å²) in [6.45, 7) is 2.43. The SMILES string of the molecule is CCN(Cc1ccccc1)C(=O)COC(=O)/C=C/c1ccc(OCC#N)c(OC)c1. The number of hydrogen-bond acceptors (Lipinski definition) is 6. The number of benzene rings is 2. The molecule has 7 nitrogen and oxygen atoms in total. The molecule has 2 rings (SSSR count). The molecule has 0 aliphatic carbocycles. The fourth-order valence-electron chi connectivity index (χ4n) is 2.63. The molecule has 0 atom stereocenters. The maximum Gasteiger partial charge on any atom is 0.331 e. The minimum atomic E-state index is -0.622. The van der Waals surface area contributed by atoms with Crippen molar-refractivity contribution in [1.82, 2.24) is 4.90 Å². The Balaban J connectivity index is 1.89. The molecule has 1 amide bonds. The zero-order chi connectivity index (χ0) is 21.8. The third kappa shape index (κ3) is 6.99. The van der Waals surface area contributed by atoms with Crippen molar-refractivity contribution in [3.05, 3.63) is 65.7 Å². The highest BCUT2D eigenvalue weighted by Gasteiger charge is 2.14. The molecule has 2 aromatic carbocycles. The molecule has 0 aromatic heterocycles. The third-order valence-electron chi connectivity index (χ3n) is 4.18. The minimum Gasteiger partial charge on any atom is -0.493 e. The molecule has 0 bridgehead atoms. The standard InChI is InChI=1S/C23H24N2O5/c1-3-25(16-19-7-5-4-6-8-19)22(26)17-30-23(27)12-10-18-9-11-20(29-14-13-24)21(15-18)28-2/h4-12,15H,3,14,16-17H2,1-2H3/b12-10+. The highest BCUT2D eigenvalue weighted by atomic mass is 16.5. The van der Waals surface area contributed by atoms with Crippen LogP contribution in [0.15, 0.2) is 54.6 Å². The van der Waals surface area contributed by atoms with Crippen LogP contribution < -0.4 is 9.47 Å². The summed E-state index contributed by atoms with van der Waals surface area (Å²) in [4.78, 5) is 25.9. The van der Waals surface area contributed by atoms with Gasteiger partial charge in [-0.05, 0) is 36.3 Å². The predicted octanol–water partition coefficient (Wildman–Crippen LogP) is 3.20. The first-order chi connectivity index (χ1) is 14.6. The average molecular weight is 408 g/mol. The van der Waals surface area contributed by atoms with E-state index >= 15 is 0 Å². The van der Waals surface area contributed by atoms with Crippen LogP contribution in [-0.2, 0) is 20.9 Å². The van der Waals surface area contributed by atoms with Gasteiger partial charge >= 0.3 is 5.97 Å². The van der Waals surface area contributed by atoms with Crippen LogP contribution in [0.3, 0.4) is 0 Å². The highest BCUT2D eigenvalue weighted by Crippen LogP contribution is 2.28. The van der Waals surface area contributed by atoms with Crippen LogP contribution in [0.25, 0.3) is 6.08 Å². The zero-order valence-corrected chi connectivity index (χ0v) is 17.0. The van der Waals surface area contributed by atoms with E-state index in [0.717, 1.165) is 5.56 Å². The molecular weight excluding hydrogens is 384 g/mol. The first-order valence-electron chi connectivity index (χ1n) is 9.41. The molecule has 30 heavy (non-hydrogen) atoms. The third-order valence-corrected chi connectivity index (χ3v) is 4.18. The van der Waals surface area contributed by atoms with Crippen molar-refractivity contribution in [2.75, 3.05) is 26.9 Å². The number of nitriles is 1. The molecule has 0 fully saturated rings. The number of methoxy groups -OCH3 is 1. The number of ether oxygens (including phenoxy) is 3. The lowest BCUT2D eigenvalue weighted by Crippen LogP contribution is -2.33. The van der Waals surface area contributed by atoms with Crippen molar-refractivity contribution in [3.8, 4) is 17.6 Å². The van der Waals surface area contributed by atoms with Gasteiger partial charge in [0.1, 0.15) is 6.07 Å². The molecule has 0 unspecified atom stereocenters. The normalized spacial score (nSPS) is 10.3. The summed E-state index contributed by atoms with van der Waals surface area (Å²) < 4.78 is 15.5. The van der Waals surface area contributed by atoms with Gasteiger partial charge in [-0.3, -0.25) is 4.79 Å². The van der Waals surface area contributed by atoms with Crippen LogP contribution in [0.2, 0.25) is 0 Å². The van der Waals surface area contributed by atoms with E-state index in [1.807, 2.05) is 43.3 Å². The van der Waals surface area contributed by atoms with Gasteiger partial charge < -0.3 is 19.1 Å². The smallest absolute Gasteiger partial charge is 0.331 e. The molecule has 0 saturated carbocycles. The number of esters is 1. The number of amides is 1. The monoisotopic (exact) mass is 408 g/mol. The minimum absolute atomic E-state index is 0.0923. The Hall–Kier alpha value is -3.79.